The molecule has 2 unspecified atom stereocenters. The summed E-state index contributed by atoms with van der Waals surface area (Å²) in [6, 6.07) is 0.0552. The molecule has 3 aliphatic carbocycles. The van der Waals surface area contributed by atoms with Crippen molar-refractivity contribution in [2.75, 3.05) is 52.4 Å². The van der Waals surface area contributed by atoms with Crippen LogP contribution in [0.2, 0.25) is 0 Å². The van der Waals surface area contributed by atoms with Gasteiger partial charge >= 0.3 is 6.03 Å². The second-order valence-corrected chi connectivity index (χ2v) is 12.3. The van der Waals surface area contributed by atoms with Crippen LogP contribution in [0.1, 0.15) is 72.1 Å². The third-order valence-corrected chi connectivity index (χ3v) is 8.98. The predicted octanol–water partition coefficient (Wildman–Crippen LogP) is 5.30. The van der Waals surface area contributed by atoms with E-state index < -0.39 is 4.84 Å². The first-order chi connectivity index (χ1) is 16.7. The first kappa shape index (κ1) is 28.6. The molecular weight excluding hydrogens is 483 g/mol. The van der Waals surface area contributed by atoms with Crippen molar-refractivity contribution in [1.29, 1.82) is 0 Å². The first-order valence-corrected chi connectivity index (χ1v) is 14.6. The number of hydrogen-bond acceptors (Lipinski definition) is 3. The molecule has 200 valence electrons. The van der Waals surface area contributed by atoms with Crippen LogP contribution >= 0.6 is 23.2 Å². The fourth-order valence-electron chi connectivity index (χ4n) is 5.93. The van der Waals surface area contributed by atoms with Crippen molar-refractivity contribution in [2.24, 2.45) is 17.3 Å². The van der Waals surface area contributed by atoms with E-state index >= 15 is 0 Å². The molecule has 0 aromatic heterocycles. The van der Waals surface area contributed by atoms with Crippen molar-refractivity contribution in [3.8, 4) is 0 Å². The number of nitrogens with zero attached hydrogens (tertiary/aromatic N) is 3. The molecule has 2 atom stereocenters. The van der Waals surface area contributed by atoms with Crippen molar-refractivity contribution in [3.05, 3.63) is 11.6 Å². The van der Waals surface area contributed by atoms with Crippen LogP contribution < -0.4 is 5.32 Å². The number of hydrogen-bond donors (Lipinski definition) is 1. The van der Waals surface area contributed by atoms with Gasteiger partial charge in [-0.2, -0.15) is 0 Å². The number of amides is 3. The van der Waals surface area contributed by atoms with Crippen molar-refractivity contribution in [1.82, 2.24) is 20.0 Å². The van der Waals surface area contributed by atoms with Gasteiger partial charge in [-0.15, -0.1) is 0 Å². The first-order valence-electron chi connectivity index (χ1n) is 13.7. The van der Waals surface area contributed by atoms with E-state index in [1.54, 1.807) is 4.90 Å². The highest BCUT2D eigenvalue weighted by Gasteiger charge is 2.51. The minimum Gasteiger partial charge on any atom is -0.338 e. The number of nitrogens with one attached hydrogen (secondary N) is 1. The third-order valence-electron chi connectivity index (χ3n) is 8.61. The van der Waals surface area contributed by atoms with Gasteiger partial charge in [0, 0.05) is 52.4 Å². The SMILES string of the molecule is CCCCCCCCNC(=O)N(CCN1CCN(C(=O)C(Cl)Cl)CC1)CC1=CCC2CC1C2(C)C. The van der Waals surface area contributed by atoms with Crippen molar-refractivity contribution >= 4 is 35.1 Å². The summed E-state index contributed by atoms with van der Waals surface area (Å²) >= 11 is 11.5. The Bertz CT molecular complexity index is 735. The Kier molecular flexibility index (Phi) is 11.1. The zero-order valence-electron chi connectivity index (χ0n) is 22.0. The summed E-state index contributed by atoms with van der Waals surface area (Å²) in [5.41, 5.74) is 1.80. The van der Waals surface area contributed by atoms with E-state index in [0.717, 1.165) is 51.5 Å². The van der Waals surface area contributed by atoms with E-state index in [1.807, 2.05) is 4.90 Å². The minimum atomic E-state index is -0.994. The quantitative estimate of drug-likeness (QED) is 0.200. The third kappa shape index (κ3) is 7.75. The molecule has 4 rings (SSSR count). The number of unbranched alkanes of at least 4 members (excludes halogenated alkanes) is 5. The molecule has 1 saturated carbocycles. The molecule has 35 heavy (non-hydrogen) atoms. The van der Waals surface area contributed by atoms with Crippen LogP contribution in [0.3, 0.4) is 0 Å². The van der Waals surface area contributed by atoms with Gasteiger partial charge < -0.3 is 15.1 Å². The summed E-state index contributed by atoms with van der Waals surface area (Å²) in [6.45, 7) is 12.8. The van der Waals surface area contributed by atoms with Gasteiger partial charge in [-0.3, -0.25) is 9.69 Å². The lowest BCUT2D eigenvalue weighted by atomic mass is 9.49. The molecule has 2 fully saturated rings. The lowest BCUT2D eigenvalue weighted by Crippen LogP contribution is -2.53. The summed E-state index contributed by atoms with van der Waals surface area (Å²) in [6.07, 6.45) is 12.1. The Morgan fingerprint density at radius 2 is 1.80 bits per heavy atom. The smallest absolute Gasteiger partial charge is 0.317 e. The van der Waals surface area contributed by atoms with Crippen LogP contribution in [0.25, 0.3) is 0 Å². The monoisotopic (exact) mass is 528 g/mol. The lowest BCUT2D eigenvalue weighted by Gasteiger charge is -2.57. The van der Waals surface area contributed by atoms with Crippen LogP contribution in [0.4, 0.5) is 4.79 Å². The standard InChI is InChI=1S/C27H46Cl2N4O2/c1-4-5-6-7-8-9-12-30-26(35)33(20-21-10-11-22-19-23(21)27(22,2)3)18-15-31-13-16-32(17-14-31)25(34)24(28)29/h10,22-24H,4-9,11-20H2,1-3H3,(H,30,35). The largest absolute Gasteiger partial charge is 0.338 e. The van der Waals surface area contributed by atoms with Gasteiger partial charge in [0.25, 0.3) is 5.91 Å². The van der Waals surface area contributed by atoms with Crippen molar-refractivity contribution < 1.29 is 9.59 Å². The van der Waals surface area contributed by atoms with Crippen molar-refractivity contribution in [3.63, 3.8) is 0 Å². The highest BCUT2D eigenvalue weighted by Crippen LogP contribution is 2.59. The summed E-state index contributed by atoms with van der Waals surface area (Å²) in [5, 5.41) is 3.19. The summed E-state index contributed by atoms with van der Waals surface area (Å²) < 4.78 is 0. The zero-order chi connectivity index (χ0) is 25.4. The van der Waals surface area contributed by atoms with Crippen molar-refractivity contribution in [2.45, 2.75) is 77.0 Å². The average Bonchev–Trinajstić information content (AvgIpc) is 2.85. The Morgan fingerprint density at radius 1 is 1.11 bits per heavy atom. The fraction of sp³-hybridized carbons (Fsp3) is 0.852. The molecule has 3 amide bonds. The number of allylic oxidation sites excluding steroid dienone is 1. The molecular formula is C27H46Cl2N4O2. The summed E-state index contributed by atoms with van der Waals surface area (Å²) in [5.74, 6) is 1.18. The number of halogens is 2. The molecule has 1 saturated heterocycles. The highest BCUT2D eigenvalue weighted by atomic mass is 35.5. The Hall–Kier alpha value is -0.980. The molecule has 0 spiro atoms. The van der Waals surface area contributed by atoms with Gasteiger partial charge in [-0.1, -0.05) is 87.7 Å². The molecule has 1 aliphatic heterocycles. The van der Waals surface area contributed by atoms with Gasteiger partial charge in [0.15, 0.2) is 4.84 Å². The van der Waals surface area contributed by atoms with E-state index in [0.29, 0.717) is 31.0 Å². The van der Waals surface area contributed by atoms with E-state index in [1.165, 1.54) is 44.1 Å². The normalized spacial score (nSPS) is 23.6. The second-order valence-electron chi connectivity index (χ2n) is 11.2. The molecule has 1 N–H and O–H groups in total. The van der Waals surface area contributed by atoms with Gasteiger partial charge in [0.2, 0.25) is 0 Å². The molecule has 1 heterocycles. The number of alkyl halides is 2. The maximum atomic E-state index is 13.2. The lowest BCUT2D eigenvalue weighted by molar-refractivity contribution is -0.131. The van der Waals surface area contributed by atoms with E-state index in [4.69, 9.17) is 23.2 Å². The number of fused-ring (bicyclic) bond motifs is 1. The van der Waals surface area contributed by atoms with Gasteiger partial charge in [0.05, 0.1) is 0 Å². The summed E-state index contributed by atoms with van der Waals surface area (Å²) in [4.78, 5) is 30.3. The van der Waals surface area contributed by atoms with Crippen LogP contribution in [0.5, 0.6) is 0 Å². The van der Waals surface area contributed by atoms with Crippen LogP contribution in [0.15, 0.2) is 11.6 Å². The Balaban J connectivity index is 1.49. The molecule has 0 aromatic carbocycles. The van der Waals surface area contributed by atoms with Crippen LogP contribution in [-0.4, -0.2) is 83.8 Å². The van der Waals surface area contributed by atoms with E-state index in [-0.39, 0.29) is 11.9 Å². The molecule has 0 aromatic rings. The average molecular weight is 530 g/mol. The molecule has 2 bridgehead atoms. The second kappa shape index (κ2) is 13.5. The topological polar surface area (TPSA) is 55.9 Å². The zero-order valence-corrected chi connectivity index (χ0v) is 23.5. The minimum absolute atomic E-state index is 0.0552. The summed E-state index contributed by atoms with van der Waals surface area (Å²) in [7, 11) is 0. The maximum Gasteiger partial charge on any atom is 0.317 e. The van der Waals surface area contributed by atoms with Gasteiger partial charge in [0.1, 0.15) is 0 Å². The highest BCUT2D eigenvalue weighted by molar-refractivity contribution is 6.53. The maximum absolute atomic E-state index is 13.2. The number of piperazine rings is 1. The van der Waals surface area contributed by atoms with Gasteiger partial charge in [-0.25, -0.2) is 4.79 Å². The fourth-order valence-corrected chi connectivity index (χ4v) is 6.21. The number of urea groups is 1. The molecule has 8 heteroatoms. The molecule has 0 radical (unpaired) electrons. The van der Waals surface area contributed by atoms with Crippen LogP contribution in [0, 0.1) is 17.3 Å². The Labute approximate surface area is 222 Å². The number of rotatable bonds is 13. The molecule has 4 aliphatic rings. The number of carbonyl (C=O) groups excluding carboxylic acids is 2. The van der Waals surface area contributed by atoms with Gasteiger partial charge in [-0.05, 0) is 36.5 Å². The van der Waals surface area contributed by atoms with E-state index in [9.17, 15) is 9.59 Å². The Morgan fingerprint density at radius 3 is 2.43 bits per heavy atom. The predicted molar refractivity (Wildman–Crippen MR) is 145 cm³/mol. The van der Waals surface area contributed by atoms with E-state index in [2.05, 4.69) is 37.1 Å². The molecule has 6 nitrogen and oxygen atoms in total. The van der Waals surface area contributed by atoms with Crippen LogP contribution in [-0.2, 0) is 4.79 Å². The number of carbonyl (C=O) groups is 2.